The van der Waals surface area contributed by atoms with Crippen molar-refractivity contribution in [2.24, 2.45) is 28.6 Å². The molecule has 4 rings (SSSR count). The lowest BCUT2D eigenvalue weighted by molar-refractivity contribution is -0.125. The van der Waals surface area contributed by atoms with Gasteiger partial charge in [-0.2, -0.15) is 0 Å². The number of amides is 1. The number of hydrogen-bond acceptors (Lipinski definition) is 2. The third-order valence-electron chi connectivity index (χ3n) is 7.78. The monoisotopic (exact) mass is 315 g/mol. The highest BCUT2D eigenvalue weighted by Gasteiger charge is 2.59. The quantitative estimate of drug-likeness (QED) is 0.777. The van der Waals surface area contributed by atoms with Crippen molar-refractivity contribution in [3.8, 4) is 0 Å². The number of rotatable bonds is 2. The second-order valence-corrected chi connectivity index (χ2v) is 8.61. The standard InChI is InChI=1S/C20H29NO2/c1-4-23-17-8-6-14-13-5-7-16-19(2,12-10-18(22)21-16)15(13)9-11-20(14,17)3/h4,7,13-15,17H,1,5-6,8-12H2,2-3H3,(H,21,22)/t13-,14-,15+,17?,19+,20-/m0/s1. The predicted octanol–water partition coefficient (Wildman–Crippen LogP) is 4.16. The Bertz CT molecular complexity index is 568. The molecule has 1 saturated heterocycles. The zero-order valence-electron chi connectivity index (χ0n) is 14.4. The second-order valence-electron chi connectivity index (χ2n) is 8.61. The van der Waals surface area contributed by atoms with Crippen molar-refractivity contribution in [2.45, 2.75) is 64.9 Å². The molecule has 3 nitrogen and oxygen atoms in total. The van der Waals surface area contributed by atoms with E-state index in [9.17, 15) is 4.79 Å². The molecule has 4 aliphatic rings. The number of hydrogen-bond donors (Lipinski definition) is 1. The highest BCUT2D eigenvalue weighted by molar-refractivity contribution is 5.79. The van der Waals surface area contributed by atoms with Gasteiger partial charge in [0.05, 0.1) is 6.26 Å². The van der Waals surface area contributed by atoms with E-state index >= 15 is 0 Å². The SMILES string of the molecule is C=COC1CC[C@H]2[C@@H]3CC=C4NC(=O)CC[C@]4(C)[C@@H]3CC[C@]12C. The van der Waals surface area contributed by atoms with Gasteiger partial charge >= 0.3 is 0 Å². The largest absolute Gasteiger partial charge is 0.498 e. The summed E-state index contributed by atoms with van der Waals surface area (Å²) in [5.41, 5.74) is 1.69. The van der Waals surface area contributed by atoms with Gasteiger partial charge in [-0.25, -0.2) is 0 Å². The summed E-state index contributed by atoms with van der Waals surface area (Å²) in [6.07, 6.45) is 12.1. The summed E-state index contributed by atoms with van der Waals surface area (Å²) in [7, 11) is 0. The number of ether oxygens (including phenoxy) is 1. The molecular weight excluding hydrogens is 286 g/mol. The molecule has 1 aliphatic heterocycles. The van der Waals surface area contributed by atoms with Crippen LogP contribution in [-0.4, -0.2) is 12.0 Å². The van der Waals surface area contributed by atoms with Gasteiger partial charge in [0.15, 0.2) is 0 Å². The van der Waals surface area contributed by atoms with Gasteiger partial charge in [0.2, 0.25) is 5.91 Å². The number of allylic oxidation sites excluding steroid dienone is 2. The van der Waals surface area contributed by atoms with Crippen LogP contribution in [-0.2, 0) is 9.53 Å². The van der Waals surface area contributed by atoms with E-state index in [1.165, 1.54) is 31.4 Å². The maximum Gasteiger partial charge on any atom is 0.224 e. The molecule has 0 aromatic carbocycles. The molecule has 126 valence electrons. The number of carbonyl (C=O) groups is 1. The molecule has 1 N–H and O–H groups in total. The molecule has 3 fully saturated rings. The van der Waals surface area contributed by atoms with E-state index < -0.39 is 0 Å². The summed E-state index contributed by atoms with van der Waals surface area (Å²) in [5, 5.41) is 3.17. The van der Waals surface area contributed by atoms with Crippen molar-refractivity contribution < 1.29 is 9.53 Å². The van der Waals surface area contributed by atoms with Gasteiger partial charge in [-0.3, -0.25) is 4.79 Å². The van der Waals surface area contributed by atoms with Gasteiger partial charge in [0.1, 0.15) is 6.10 Å². The number of nitrogens with one attached hydrogen (secondary N) is 1. The molecule has 3 aliphatic carbocycles. The Kier molecular flexibility index (Phi) is 3.40. The van der Waals surface area contributed by atoms with E-state index in [0.29, 0.717) is 23.9 Å². The predicted molar refractivity (Wildman–Crippen MR) is 90.3 cm³/mol. The first-order valence-corrected chi connectivity index (χ1v) is 9.26. The highest BCUT2D eigenvalue weighted by Crippen LogP contribution is 2.64. The van der Waals surface area contributed by atoms with Crippen LogP contribution >= 0.6 is 0 Å². The fraction of sp³-hybridized carbons (Fsp3) is 0.750. The molecule has 0 bridgehead atoms. The Balaban J connectivity index is 1.65. The van der Waals surface area contributed by atoms with Gasteiger partial charge in [0, 0.05) is 22.9 Å². The van der Waals surface area contributed by atoms with Crippen LogP contribution in [0.5, 0.6) is 0 Å². The lowest BCUT2D eigenvalue weighted by Gasteiger charge is -2.56. The maximum atomic E-state index is 11.8. The molecule has 0 aromatic heterocycles. The number of fused-ring (bicyclic) bond motifs is 5. The van der Waals surface area contributed by atoms with Crippen LogP contribution in [0.15, 0.2) is 24.6 Å². The van der Waals surface area contributed by atoms with Gasteiger partial charge in [-0.05, 0) is 56.3 Å². The maximum absolute atomic E-state index is 11.8. The van der Waals surface area contributed by atoms with Crippen LogP contribution in [0.2, 0.25) is 0 Å². The molecule has 2 saturated carbocycles. The summed E-state index contributed by atoms with van der Waals surface area (Å²) < 4.78 is 5.89. The smallest absolute Gasteiger partial charge is 0.224 e. The lowest BCUT2D eigenvalue weighted by Crippen LogP contribution is -2.53. The van der Waals surface area contributed by atoms with Gasteiger partial charge in [-0.15, -0.1) is 0 Å². The van der Waals surface area contributed by atoms with E-state index in [-0.39, 0.29) is 11.3 Å². The van der Waals surface area contributed by atoms with Crippen molar-refractivity contribution in [3.63, 3.8) is 0 Å². The fourth-order valence-corrected chi connectivity index (χ4v) is 6.49. The van der Waals surface area contributed by atoms with Crippen LogP contribution in [0.3, 0.4) is 0 Å². The number of piperidine rings is 1. The zero-order valence-corrected chi connectivity index (χ0v) is 14.4. The van der Waals surface area contributed by atoms with Crippen molar-refractivity contribution in [3.05, 3.63) is 24.6 Å². The minimum absolute atomic E-state index is 0.176. The van der Waals surface area contributed by atoms with Crippen molar-refractivity contribution in [1.82, 2.24) is 5.32 Å². The molecule has 23 heavy (non-hydrogen) atoms. The van der Waals surface area contributed by atoms with E-state index in [4.69, 9.17) is 4.74 Å². The molecule has 0 aromatic rings. The summed E-state index contributed by atoms with van der Waals surface area (Å²) in [4.78, 5) is 11.8. The first-order valence-electron chi connectivity index (χ1n) is 9.26. The van der Waals surface area contributed by atoms with E-state index in [0.717, 1.165) is 24.7 Å². The molecule has 6 atom stereocenters. The van der Waals surface area contributed by atoms with Crippen LogP contribution < -0.4 is 5.32 Å². The van der Waals surface area contributed by atoms with E-state index in [1.54, 1.807) is 6.26 Å². The normalized spacial score (nSPS) is 48.4. The molecule has 1 unspecified atom stereocenters. The Morgan fingerprint density at radius 2 is 2.09 bits per heavy atom. The molecule has 1 heterocycles. The summed E-state index contributed by atoms with van der Waals surface area (Å²) in [5.74, 6) is 2.41. The molecular formula is C20H29NO2. The molecule has 0 radical (unpaired) electrons. The van der Waals surface area contributed by atoms with E-state index in [2.05, 4.69) is 31.8 Å². The van der Waals surface area contributed by atoms with Crippen molar-refractivity contribution in [2.75, 3.05) is 0 Å². The third-order valence-corrected chi connectivity index (χ3v) is 7.78. The second kappa shape index (κ2) is 5.12. The van der Waals surface area contributed by atoms with Gasteiger partial charge in [0.25, 0.3) is 0 Å². The van der Waals surface area contributed by atoms with E-state index in [1.807, 2.05) is 0 Å². The van der Waals surface area contributed by atoms with Crippen LogP contribution in [0.25, 0.3) is 0 Å². The first kappa shape index (κ1) is 15.3. The van der Waals surface area contributed by atoms with Crippen LogP contribution in [0.4, 0.5) is 0 Å². The molecule has 3 heteroatoms. The summed E-state index contributed by atoms with van der Waals surface area (Å²) in [6.45, 7) is 8.61. The Labute approximate surface area is 139 Å². The molecule has 1 amide bonds. The topological polar surface area (TPSA) is 38.3 Å². The van der Waals surface area contributed by atoms with Gasteiger partial charge in [-0.1, -0.05) is 26.5 Å². The third kappa shape index (κ3) is 2.04. The summed E-state index contributed by atoms with van der Waals surface area (Å²) >= 11 is 0. The first-order chi connectivity index (χ1) is 11.0. The minimum Gasteiger partial charge on any atom is -0.498 e. The average Bonchev–Trinajstić information content (AvgIpc) is 2.85. The Morgan fingerprint density at radius 1 is 1.26 bits per heavy atom. The Hall–Kier alpha value is -1.25. The lowest BCUT2D eigenvalue weighted by atomic mass is 9.50. The van der Waals surface area contributed by atoms with Crippen LogP contribution in [0.1, 0.15) is 58.8 Å². The van der Waals surface area contributed by atoms with Gasteiger partial charge < -0.3 is 10.1 Å². The highest BCUT2D eigenvalue weighted by atomic mass is 16.5. The van der Waals surface area contributed by atoms with Crippen molar-refractivity contribution in [1.29, 1.82) is 0 Å². The minimum atomic E-state index is 0.176. The average molecular weight is 315 g/mol. The fourth-order valence-electron chi connectivity index (χ4n) is 6.49. The molecule has 0 spiro atoms. The summed E-state index contributed by atoms with van der Waals surface area (Å²) in [6, 6.07) is 0. The zero-order chi connectivity index (χ0) is 16.2. The van der Waals surface area contributed by atoms with Crippen molar-refractivity contribution >= 4 is 5.91 Å². The number of carbonyl (C=O) groups excluding carboxylic acids is 1. The van der Waals surface area contributed by atoms with Crippen LogP contribution in [0, 0.1) is 28.6 Å². The Morgan fingerprint density at radius 3 is 2.87 bits per heavy atom.